The van der Waals surface area contributed by atoms with Crippen molar-refractivity contribution < 1.29 is 4.74 Å². The molecule has 1 aliphatic heterocycles. The minimum Gasteiger partial charge on any atom is -0.374 e. The molecule has 1 saturated heterocycles. The third-order valence-electron chi connectivity index (χ3n) is 3.97. The summed E-state index contributed by atoms with van der Waals surface area (Å²) in [6, 6.07) is 6.92. The van der Waals surface area contributed by atoms with Crippen LogP contribution in [0.1, 0.15) is 22.7 Å². The van der Waals surface area contributed by atoms with E-state index in [0.29, 0.717) is 6.04 Å². The Balaban J connectivity index is 2.34. The summed E-state index contributed by atoms with van der Waals surface area (Å²) in [6.45, 7) is 7.10. The van der Waals surface area contributed by atoms with Crippen LogP contribution in [-0.2, 0) is 4.74 Å². The van der Waals surface area contributed by atoms with Gasteiger partial charge >= 0.3 is 0 Å². The normalized spacial score (nSPS) is 25.3. The maximum atomic E-state index is 5.95. The van der Waals surface area contributed by atoms with Crippen molar-refractivity contribution in [2.45, 2.75) is 26.0 Å². The summed E-state index contributed by atoms with van der Waals surface area (Å²) in [5.74, 6) is 0. The highest BCUT2D eigenvalue weighted by atomic mass is 16.5. The molecule has 1 aromatic carbocycles. The van der Waals surface area contributed by atoms with Gasteiger partial charge in [0, 0.05) is 13.1 Å². The number of rotatable bonds is 3. The van der Waals surface area contributed by atoms with E-state index in [1.807, 2.05) is 7.05 Å². The molecular weight excluding hydrogens is 224 g/mol. The fourth-order valence-electron chi connectivity index (χ4n) is 2.77. The topological polar surface area (TPSA) is 24.5 Å². The number of nitrogens with zero attached hydrogens (tertiary/aromatic N) is 1. The lowest BCUT2D eigenvalue weighted by Crippen LogP contribution is -2.47. The largest absolute Gasteiger partial charge is 0.374 e. The van der Waals surface area contributed by atoms with Gasteiger partial charge in [0.05, 0.1) is 18.8 Å². The van der Waals surface area contributed by atoms with Crippen LogP contribution in [0.15, 0.2) is 18.2 Å². The Morgan fingerprint density at radius 1 is 1.39 bits per heavy atom. The molecule has 2 rings (SSSR count). The lowest BCUT2D eigenvalue weighted by molar-refractivity contribution is -0.0608. The minimum atomic E-state index is 0.231. The molecule has 3 heteroatoms. The second-order valence-electron chi connectivity index (χ2n) is 5.18. The van der Waals surface area contributed by atoms with E-state index < -0.39 is 0 Å². The first-order chi connectivity index (χ1) is 8.65. The first-order valence-electron chi connectivity index (χ1n) is 6.67. The van der Waals surface area contributed by atoms with Crippen LogP contribution in [-0.4, -0.2) is 44.8 Å². The summed E-state index contributed by atoms with van der Waals surface area (Å²) < 4.78 is 5.95. The second kappa shape index (κ2) is 5.83. The third kappa shape index (κ3) is 2.58. The van der Waals surface area contributed by atoms with Gasteiger partial charge in [0.2, 0.25) is 0 Å². The van der Waals surface area contributed by atoms with Gasteiger partial charge in [-0.25, -0.2) is 0 Å². The monoisotopic (exact) mass is 248 g/mol. The average Bonchev–Trinajstić information content (AvgIpc) is 2.34. The van der Waals surface area contributed by atoms with E-state index in [4.69, 9.17) is 4.74 Å². The molecule has 100 valence electrons. The van der Waals surface area contributed by atoms with Gasteiger partial charge in [-0.3, -0.25) is 4.90 Å². The predicted octanol–water partition coefficient (Wildman–Crippen LogP) is 1.89. The van der Waals surface area contributed by atoms with Crippen molar-refractivity contribution in [1.29, 1.82) is 0 Å². The molecule has 1 aromatic rings. The van der Waals surface area contributed by atoms with Crippen LogP contribution in [0.2, 0.25) is 0 Å². The van der Waals surface area contributed by atoms with Gasteiger partial charge in [0.25, 0.3) is 0 Å². The van der Waals surface area contributed by atoms with E-state index in [0.717, 1.165) is 19.7 Å². The summed E-state index contributed by atoms with van der Waals surface area (Å²) >= 11 is 0. The summed E-state index contributed by atoms with van der Waals surface area (Å²) in [4.78, 5) is 2.41. The lowest BCUT2D eigenvalue weighted by Gasteiger charge is -2.40. The Morgan fingerprint density at radius 2 is 2.17 bits per heavy atom. The number of aryl methyl sites for hydroxylation is 1. The standard InChI is InChI=1S/C15H24N2O/c1-11-6-5-7-13(12(11)2)15-14(10-16-3)18-9-8-17(15)4/h5-7,14-16H,8-10H2,1-4H3. The zero-order chi connectivity index (χ0) is 13.1. The van der Waals surface area contributed by atoms with Crippen molar-refractivity contribution >= 4 is 0 Å². The molecule has 2 atom stereocenters. The van der Waals surface area contributed by atoms with Gasteiger partial charge in [0.1, 0.15) is 0 Å². The lowest BCUT2D eigenvalue weighted by atomic mass is 9.92. The van der Waals surface area contributed by atoms with Crippen molar-refractivity contribution in [2.24, 2.45) is 0 Å². The second-order valence-corrected chi connectivity index (χ2v) is 5.18. The van der Waals surface area contributed by atoms with Gasteiger partial charge in [-0.15, -0.1) is 0 Å². The van der Waals surface area contributed by atoms with E-state index in [1.165, 1.54) is 16.7 Å². The molecule has 2 unspecified atom stereocenters. The van der Waals surface area contributed by atoms with Gasteiger partial charge < -0.3 is 10.1 Å². The van der Waals surface area contributed by atoms with Crippen LogP contribution in [0.3, 0.4) is 0 Å². The van der Waals surface area contributed by atoms with Crippen molar-refractivity contribution in [3.63, 3.8) is 0 Å². The molecule has 0 spiro atoms. The van der Waals surface area contributed by atoms with Crippen LogP contribution in [0, 0.1) is 13.8 Å². The molecule has 1 heterocycles. The number of benzene rings is 1. The quantitative estimate of drug-likeness (QED) is 0.884. The number of hydrogen-bond acceptors (Lipinski definition) is 3. The van der Waals surface area contributed by atoms with E-state index >= 15 is 0 Å². The first-order valence-corrected chi connectivity index (χ1v) is 6.67. The van der Waals surface area contributed by atoms with Gasteiger partial charge in [-0.2, -0.15) is 0 Å². The Morgan fingerprint density at radius 3 is 2.89 bits per heavy atom. The van der Waals surface area contributed by atoms with E-state index in [2.05, 4.69) is 49.3 Å². The summed E-state index contributed by atoms with van der Waals surface area (Å²) in [7, 11) is 4.18. The maximum Gasteiger partial charge on any atom is 0.0896 e. The Hall–Kier alpha value is -0.900. The fourth-order valence-corrected chi connectivity index (χ4v) is 2.77. The van der Waals surface area contributed by atoms with Crippen LogP contribution >= 0.6 is 0 Å². The zero-order valence-corrected chi connectivity index (χ0v) is 11.9. The number of hydrogen-bond donors (Lipinski definition) is 1. The highest BCUT2D eigenvalue weighted by Crippen LogP contribution is 2.31. The summed E-state index contributed by atoms with van der Waals surface area (Å²) in [5.41, 5.74) is 4.15. The fraction of sp³-hybridized carbons (Fsp3) is 0.600. The number of nitrogens with one attached hydrogen (secondary N) is 1. The smallest absolute Gasteiger partial charge is 0.0896 e. The van der Waals surface area contributed by atoms with Crippen LogP contribution in [0.25, 0.3) is 0 Å². The summed E-state index contributed by atoms with van der Waals surface area (Å²) in [5, 5.41) is 3.24. The molecule has 1 aliphatic rings. The molecular formula is C15H24N2O. The molecule has 0 aliphatic carbocycles. The molecule has 0 radical (unpaired) electrons. The van der Waals surface area contributed by atoms with Crippen molar-refractivity contribution in [1.82, 2.24) is 10.2 Å². The molecule has 3 nitrogen and oxygen atoms in total. The molecule has 1 N–H and O–H groups in total. The summed E-state index contributed by atoms with van der Waals surface area (Å²) in [6.07, 6.45) is 0.231. The first kappa shape index (κ1) is 13.5. The minimum absolute atomic E-state index is 0.231. The highest BCUT2D eigenvalue weighted by Gasteiger charge is 2.31. The van der Waals surface area contributed by atoms with Crippen LogP contribution in [0.4, 0.5) is 0 Å². The number of morpholine rings is 1. The number of likely N-dealkylation sites (N-methyl/N-ethyl adjacent to an activating group) is 2. The third-order valence-corrected chi connectivity index (χ3v) is 3.97. The Bertz CT molecular complexity index is 403. The van der Waals surface area contributed by atoms with Crippen molar-refractivity contribution in [2.75, 3.05) is 33.8 Å². The Labute approximate surface area is 110 Å². The highest BCUT2D eigenvalue weighted by molar-refractivity contribution is 5.36. The molecule has 0 aromatic heterocycles. The zero-order valence-electron chi connectivity index (χ0n) is 11.9. The van der Waals surface area contributed by atoms with Gasteiger partial charge in [0.15, 0.2) is 0 Å². The molecule has 1 fully saturated rings. The van der Waals surface area contributed by atoms with Gasteiger partial charge in [-0.05, 0) is 44.6 Å². The van der Waals surface area contributed by atoms with Gasteiger partial charge in [-0.1, -0.05) is 18.2 Å². The van der Waals surface area contributed by atoms with Crippen LogP contribution < -0.4 is 5.32 Å². The molecule has 0 bridgehead atoms. The van der Waals surface area contributed by atoms with E-state index in [9.17, 15) is 0 Å². The SMILES string of the molecule is CNCC1OCCN(C)C1c1cccc(C)c1C. The van der Waals surface area contributed by atoms with E-state index in [-0.39, 0.29) is 6.10 Å². The Kier molecular flexibility index (Phi) is 4.38. The maximum absolute atomic E-state index is 5.95. The predicted molar refractivity (Wildman–Crippen MR) is 75.0 cm³/mol. The molecule has 18 heavy (non-hydrogen) atoms. The van der Waals surface area contributed by atoms with Crippen LogP contribution in [0.5, 0.6) is 0 Å². The van der Waals surface area contributed by atoms with Crippen molar-refractivity contribution in [3.8, 4) is 0 Å². The molecule has 0 amide bonds. The average molecular weight is 248 g/mol. The number of ether oxygens (including phenoxy) is 1. The molecule has 0 saturated carbocycles. The van der Waals surface area contributed by atoms with Crippen molar-refractivity contribution in [3.05, 3.63) is 34.9 Å². The van der Waals surface area contributed by atoms with E-state index in [1.54, 1.807) is 0 Å².